The van der Waals surface area contributed by atoms with Gasteiger partial charge in [-0.25, -0.2) is 0 Å². The first kappa shape index (κ1) is 12.5. The fraction of sp³-hybridized carbons (Fsp3) is 0.429. The zero-order chi connectivity index (χ0) is 13.1. The fourth-order valence-corrected chi connectivity index (χ4v) is 3.33. The van der Waals surface area contributed by atoms with E-state index in [4.69, 9.17) is 4.74 Å². The molecule has 5 heteroatoms. The van der Waals surface area contributed by atoms with Crippen LogP contribution in [0, 0.1) is 0 Å². The quantitative estimate of drug-likeness (QED) is 0.913. The highest BCUT2D eigenvalue weighted by molar-refractivity contribution is 7.99. The van der Waals surface area contributed by atoms with Crippen LogP contribution in [0.1, 0.15) is 0 Å². The number of hydrogen-bond donors (Lipinski definition) is 1. The van der Waals surface area contributed by atoms with Crippen LogP contribution < -0.4 is 20.1 Å². The van der Waals surface area contributed by atoms with Crippen molar-refractivity contribution in [3.05, 3.63) is 30.5 Å². The molecule has 0 aliphatic carbocycles. The molecule has 2 aliphatic rings. The second-order valence-electron chi connectivity index (χ2n) is 4.60. The van der Waals surface area contributed by atoms with Crippen molar-refractivity contribution >= 4 is 23.1 Å². The van der Waals surface area contributed by atoms with Crippen molar-refractivity contribution in [2.45, 2.75) is 0 Å². The molecule has 102 valence electrons. The number of nitrogens with zero attached hydrogens (tertiary/aromatic N) is 2. The first-order valence-electron chi connectivity index (χ1n) is 6.58. The van der Waals surface area contributed by atoms with Crippen molar-refractivity contribution in [3.8, 4) is 5.75 Å². The number of ether oxygens (including phenoxy) is 1. The molecule has 0 atom stereocenters. The minimum absolute atomic E-state index is 0.871. The molecule has 1 aromatic carbocycles. The summed E-state index contributed by atoms with van der Waals surface area (Å²) in [5.74, 6) is 3.34. The van der Waals surface area contributed by atoms with Crippen LogP contribution in [-0.2, 0) is 0 Å². The molecule has 2 heterocycles. The lowest BCUT2D eigenvalue weighted by Gasteiger charge is -2.30. The van der Waals surface area contributed by atoms with Gasteiger partial charge >= 0.3 is 0 Å². The standard InChI is InChI=1S/C14H19N3OS/c1-18-14-11-12(16-7-9-19-10-8-16)3-4-13(14)17-6-2-5-15-17/h2-5,11,15H,6-10H2,1H3. The van der Waals surface area contributed by atoms with E-state index >= 15 is 0 Å². The lowest BCUT2D eigenvalue weighted by atomic mass is 10.2. The van der Waals surface area contributed by atoms with Crippen LogP contribution >= 0.6 is 11.8 Å². The summed E-state index contributed by atoms with van der Waals surface area (Å²) in [5.41, 5.74) is 5.55. The van der Waals surface area contributed by atoms with Gasteiger partial charge in [0, 0.05) is 42.5 Å². The van der Waals surface area contributed by atoms with Crippen LogP contribution in [0.4, 0.5) is 11.4 Å². The molecular weight excluding hydrogens is 258 g/mol. The molecule has 2 aliphatic heterocycles. The minimum Gasteiger partial charge on any atom is -0.494 e. The van der Waals surface area contributed by atoms with Crippen molar-refractivity contribution in [2.24, 2.45) is 0 Å². The van der Waals surface area contributed by atoms with Crippen LogP contribution in [0.15, 0.2) is 30.5 Å². The SMILES string of the molecule is COc1cc(N2CCSCC2)ccc1N1CC=CN1. The molecule has 1 saturated heterocycles. The van der Waals surface area contributed by atoms with Crippen molar-refractivity contribution < 1.29 is 4.74 Å². The summed E-state index contributed by atoms with van der Waals surface area (Å²) in [6, 6.07) is 6.47. The number of thioether (sulfide) groups is 1. The maximum atomic E-state index is 5.55. The highest BCUT2D eigenvalue weighted by atomic mass is 32.2. The van der Waals surface area contributed by atoms with Gasteiger partial charge in [0.1, 0.15) is 5.75 Å². The molecular formula is C14H19N3OS. The van der Waals surface area contributed by atoms with Gasteiger partial charge in [0.2, 0.25) is 0 Å². The van der Waals surface area contributed by atoms with Gasteiger partial charge in [0.05, 0.1) is 19.3 Å². The van der Waals surface area contributed by atoms with E-state index < -0.39 is 0 Å². The number of hydrazine groups is 1. The summed E-state index contributed by atoms with van der Waals surface area (Å²) in [6.07, 6.45) is 4.05. The molecule has 1 fully saturated rings. The minimum atomic E-state index is 0.871. The Kier molecular flexibility index (Phi) is 3.73. The van der Waals surface area contributed by atoms with Gasteiger partial charge in [0.25, 0.3) is 0 Å². The number of nitrogens with one attached hydrogen (secondary N) is 1. The normalized spacial score (nSPS) is 18.6. The monoisotopic (exact) mass is 277 g/mol. The molecule has 1 N–H and O–H groups in total. The Morgan fingerprint density at radius 3 is 2.79 bits per heavy atom. The van der Waals surface area contributed by atoms with Crippen LogP contribution in [0.3, 0.4) is 0 Å². The number of methoxy groups -OCH3 is 1. The molecule has 19 heavy (non-hydrogen) atoms. The van der Waals surface area contributed by atoms with Crippen LogP contribution in [-0.4, -0.2) is 38.2 Å². The highest BCUT2D eigenvalue weighted by Gasteiger charge is 2.16. The molecule has 0 spiro atoms. The lowest BCUT2D eigenvalue weighted by Crippen LogP contribution is -2.33. The third-order valence-corrected chi connectivity index (χ3v) is 4.41. The van der Waals surface area contributed by atoms with Gasteiger partial charge in [0.15, 0.2) is 0 Å². The van der Waals surface area contributed by atoms with Crippen molar-refractivity contribution in [3.63, 3.8) is 0 Å². The Morgan fingerprint density at radius 2 is 2.11 bits per heavy atom. The second kappa shape index (κ2) is 5.65. The maximum absolute atomic E-state index is 5.55. The summed E-state index contributed by atoms with van der Waals surface area (Å²) in [6.45, 7) is 3.11. The van der Waals surface area contributed by atoms with Gasteiger partial charge in [-0.15, -0.1) is 0 Å². The predicted octanol–water partition coefficient (Wildman–Crippen LogP) is 2.09. The molecule has 0 bridgehead atoms. The third kappa shape index (κ3) is 2.61. The van der Waals surface area contributed by atoms with Crippen LogP contribution in [0.25, 0.3) is 0 Å². The lowest BCUT2D eigenvalue weighted by molar-refractivity contribution is 0.414. The highest BCUT2D eigenvalue weighted by Crippen LogP contribution is 2.33. The van der Waals surface area contributed by atoms with Crippen molar-refractivity contribution in [2.75, 3.05) is 48.2 Å². The summed E-state index contributed by atoms with van der Waals surface area (Å²) < 4.78 is 5.55. The van der Waals surface area contributed by atoms with Gasteiger partial charge < -0.3 is 15.1 Å². The first-order valence-corrected chi connectivity index (χ1v) is 7.73. The zero-order valence-electron chi connectivity index (χ0n) is 11.1. The summed E-state index contributed by atoms with van der Waals surface area (Å²) in [5, 5.41) is 2.08. The van der Waals surface area contributed by atoms with E-state index in [0.717, 1.165) is 31.1 Å². The van der Waals surface area contributed by atoms with E-state index in [1.165, 1.54) is 17.2 Å². The van der Waals surface area contributed by atoms with E-state index in [1.54, 1.807) is 7.11 Å². The van der Waals surface area contributed by atoms with Gasteiger partial charge in [-0.3, -0.25) is 5.01 Å². The van der Waals surface area contributed by atoms with E-state index in [0.29, 0.717) is 0 Å². The van der Waals surface area contributed by atoms with E-state index in [9.17, 15) is 0 Å². The Bertz CT molecular complexity index is 464. The van der Waals surface area contributed by atoms with Crippen molar-refractivity contribution in [1.29, 1.82) is 0 Å². The largest absolute Gasteiger partial charge is 0.494 e. The van der Waals surface area contributed by atoms with Crippen LogP contribution in [0.5, 0.6) is 5.75 Å². The predicted molar refractivity (Wildman–Crippen MR) is 82.2 cm³/mol. The average Bonchev–Trinajstić information content (AvgIpc) is 3.01. The molecule has 0 saturated carbocycles. The van der Waals surface area contributed by atoms with Crippen LogP contribution in [0.2, 0.25) is 0 Å². The molecule has 1 aromatic rings. The third-order valence-electron chi connectivity index (χ3n) is 3.47. The molecule has 0 unspecified atom stereocenters. The number of rotatable bonds is 3. The fourth-order valence-electron chi connectivity index (χ4n) is 2.43. The molecule has 0 aromatic heterocycles. The van der Waals surface area contributed by atoms with Gasteiger partial charge in [-0.2, -0.15) is 11.8 Å². The summed E-state index contributed by atoms with van der Waals surface area (Å²) in [7, 11) is 1.73. The molecule has 0 amide bonds. The summed E-state index contributed by atoms with van der Waals surface area (Å²) in [4.78, 5) is 2.43. The van der Waals surface area contributed by atoms with E-state index in [2.05, 4.69) is 39.6 Å². The van der Waals surface area contributed by atoms with Gasteiger partial charge in [-0.05, 0) is 18.2 Å². The van der Waals surface area contributed by atoms with E-state index in [1.807, 2.05) is 18.0 Å². The second-order valence-corrected chi connectivity index (χ2v) is 5.82. The number of anilines is 2. The number of benzene rings is 1. The number of hydrogen-bond acceptors (Lipinski definition) is 5. The smallest absolute Gasteiger partial charge is 0.146 e. The van der Waals surface area contributed by atoms with E-state index in [-0.39, 0.29) is 0 Å². The topological polar surface area (TPSA) is 27.7 Å². The summed E-state index contributed by atoms with van der Waals surface area (Å²) >= 11 is 2.03. The maximum Gasteiger partial charge on any atom is 0.146 e. The Balaban J connectivity index is 1.83. The molecule has 3 rings (SSSR count). The Hall–Kier alpha value is -1.49. The molecule has 4 nitrogen and oxygen atoms in total. The average molecular weight is 277 g/mol. The molecule has 0 radical (unpaired) electrons. The first-order chi connectivity index (χ1) is 9.38. The van der Waals surface area contributed by atoms with Crippen molar-refractivity contribution in [1.82, 2.24) is 5.43 Å². The Morgan fingerprint density at radius 1 is 1.26 bits per heavy atom. The Labute approximate surface area is 118 Å². The zero-order valence-corrected chi connectivity index (χ0v) is 11.9. The van der Waals surface area contributed by atoms with Gasteiger partial charge in [-0.1, -0.05) is 0 Å².